The second-order valence-corrected chi connectivity index (χ2v) is 5.88. The van der Waals surface area contributed by atoms with E-state index in [1.165, 1.54) is 0 Å². The number of carbonyl (C=O) groups excluding carboxylic acids is 1. The summed E-state index contributed by atoms with van der Waals surface area (Å²) in [5.41, 5.74) is 2.30. The molecule has 0 saturated heterocycles. The van der Waals surface area contributed by atoms with E-state index >= 15 is 0 Å². The minimum Gasteiger partial charge on any atom is -0.451 e. The molecule has 1 N–H and O–H groups in total. The predicted molar refractivity (Wildman–Crippen MR) is 93.3 cm³/mol. The van der Waals surface area contributed by atoms with Gasteiger partial charge in [-0.3, -0.25) is 4.79 Å². The summed E-state index contributed by atoms with van der Waals surface area (Å²) in [5.74, 6) is 0.405. The van der Waals surface area contributed by atoms with Crippen molar-refractivity contribution >= 4 is 34.8 Å². The van der Waals surface area contributed by atoms with Crippen LogP contribution in [0.25, 0.3) is 11.3 Å². The van der Waals surface area contributed by atoms with Crippen LogP contribution in [0, 0.1) is 6.92 Å². The molecule has 0 aliphatic heterocycles. The largest absolute Gasteiger partial charge is 0.451 e. The molecule has 0 atom stereocenters. The van der Waals surface area contributed by atoms with Crippen LogP contribution in [-0.4, -0.2) is 5.91 Å². The molecular formula is C18H13Cl2NO2. The first-order chi connectivity index (χ1) is 11.0. The third kappa shape index (κ3) is 3.41. The lowest BCUT2D eigenvalue weighted by Crippen LogP contribution is -2.10. The number of anilines is 1. The molecule has 2 aromatic carbocycles. The van der Waals surface area contributed by atoms with E-state index in [0.717, 1.165) is 11.1 Å². The lowest BCUT2D eigenvalue weighted by atomic mass is 10.2. The third-order valence-electron chi connectivity index (χ3n) is 3.40. The van der Waals surface area contributed by atoms with Gasteiger partial charge in [0.2, 0.25) is 0 Å². The van der Waals surface area contributed by atoms with E-state index in [1.807, 2.05) is 31.2 Å². The molecule has 0 fully saturated rings. The van der Waals surface area contributed by atoms with Gasteiger partial charge in [-0.25, -0.2) is 0 Å². The molecule has 3 nitrogen and oxygen atoms in total. The molecule has 0 aliphatic rings. The molecule has 0 radical (unpaired) electrons. The van der Waals surface area contributed by atoms with Gasteiger partial charge >= 0.3 is 0 Å². The molecule has 1 amide bonds. The zero-order chi connectivity index (χ0) is 16.4. The summed E-state index contributed by atoms with van der Waals surface area (Å²) in [6.45, 7) is 1.90. The molecule has 1 aromatic heterocycles. The molecule has 5 heteroatoms. The van der Waals surface area contributed by atoms with E-state index in [1.54, 1.807) is 30.3 Å². The summed E-state index contributed by atoms with van der Waals surface area (Å²) in [7, 11) is 0. The van der Waals surface area contributed by atoms with E-state index in [9.17, 15) is 4.79 Å². The average Bonchev–Trinajstić information content (AvgIpc) is 3.01. The number of aryl methyl sites for hydroxylation is 1. The van der Waals surface area contributed by atoms with Crippen molar-refractivity contribution in [3.63, 3.8) is 0 Å². The van der Waals surface area contributed by atoms with Crippen LogP contribution in [0.4, 0.5) is 5.69 Å². The van der Waals surface area contributed by atoms with Crippen LogP contribution in [0.15, 0.2) is 59.0 Å². The van der Waals surface area contributed by atoms with Gasteiger partial charge in [0.05, 0.1) is 5.02 Å². The highest BCUT2D eigenvalue weighted by Crippen LogP contribution is 2.29. The van der Waals surface area contributed by atoms with Crippen LogP contribution >= 0.6 is 23.2 Å². The molecule has 0 spiro atoms. The van der Waals surface area contributed by atoms with Gasteiger partial charge in [0.25, 0.3) is 5.91 Å². The Morgan fingerprint density at radius 3 is 2.52 bits per heavy atom. The number of hydrogen-bond acceptors (Lipinski definition) is 2. The normalized spacial score (nSPS) is 10.6. The van der Waals surface area contributed by atoms with Gasteiger partial charge in [-0.05, 0) is 48.9 Å². The highest BCUT2D eigenvalue weighted by atomic mass is 35.5. The predicted octanol–water partition coefficient (Wildman–Crippen LogP) is 5.81. The van der Waals surface area contributed by atoms with Crippen molar-refractivity contribution < 1.29 is 9.21 Å². The fraction of sp³-hybridized carbons (Fsp3) is 0.0556. The molecule has 0 saturated carbocycles. The number of halogens is 2. The van der Waals surface area contributed by atoms with Crippen LogP contribution in [0.2, 0.25) is 10.0 Å². The first-order valence-corrected chi connectivity index (χ1v) is 7.72. The van der Waals surface area contributed by atoms with Crippen LogP contribution in [0.1, 0.15) is 16.1 Å². The van der Waals surface area contributed by atoms with Crippen molar-refractivity contribution in [3.8, 4) is 11.3 Å². The fourth-order valence-electron chi connectivity index (χ4n) is 2.13. The highest BCUT2D eigenvalue weighted by molar-refractivity contribution is 6.33. The summed E-state index contributed by atoms with van der Waals surface area (Å²) in [4.78, 5) is 12.3. The Morgan fingerprint density at radius 1 is 1.00 bits per heavy atom. The Labute approximate surface area is 143 Å². The van der Waals surface area contributed by atoms with Crippen molar-refractivity contribution in [2.45, 2.75) is 6.92 Å². The molecule has 0 aliphatic carbocycles. The smallest absolute Gasteiger partial charge is 0.291 e. The Bertz CT molecular complexity index is 871. The van der Waals surface area contributed by atoms with Crippen LogP contribution in [0.3, 0.4) is 0 Å². The topological polar surface area (TPSA) is 42.2 Å². The molecule has 0 unspecified atom stereocenters. The molecule has 1 heterocycles. The lowest BCUT2D eigenvalue weighted by Gasteiger charge is -2.05. The number of rotatable bonds is 3. The molecule has 0 bridgehead atoms. The second kappa shape index (κ2) is 6.49. The zero-order valence-electron chi connectivity index (χ0n) is 12.3. The summed E-state index contributed by atoms with van der Waals surface area (Å²) >= 11 is 12.2. The maximum atomic E-state index is 12.3. The third-order valence-corrected chi connectivity index (χ3v) is 4.14. The van der Waals surface area contributed by atoms with Gasteiger partial charge in [-0.2, -0.15) is 0 Å². The Balaban J connectivity index is 1.81. The summed E-state index contributed by atoms with van der Waals surface area (Å²) in [5, 5.41) is 3.92. The zero-order valence-corrected chi connectivity index (χ0v) is 13.8. The van der Waals surface area contributed by atoms with Gasteiger partial charge in [-0.15, -0.1) is 0 Å². The maximum Gasteiger partial charge on any atom is 0.291 e. The van der Waals surface area contributed by atoms with Crippen LogP contribution in [0.5, 0.6) is 0 Å². The number of nitrogens with one attached hydrogen (secondary N) is 1. The van der Waals surface area contributed by atoms with Crippen molar-refractivity contribution in [1.82, 2.24) is 0 Å². The van der Waals surface area contributed by atoms with Crippen molar-refractivity contribution in [2.24, 2.45) is 0 Å². The Hall–Kier alpha value is -2.23. The van der Waals surface area contributed by atoms with Crippen molar-refractivity contribution in [1.29, 1.82) is 0 Å². The van der Waals surface area contributed by atoms with E-state index in [0.29, 0.717) is 21.5 Å². The molecular weight excluding hydrogens is 333 g/mol. The monoisotopic (exact) mass is 345 g/mol. The highest BCUT2D eigenvalue weighted by Gasteiger charge is 2.14. The van der Waals surface area contributed by atoms with E-state index in [2.05, 4.69) is 5.32 Å². The number of hydrogen-bond donors (Lipinski definition) is 1. The number of furan rings is 1. The average molecular weight is 346 g/mol. The number of benzene rings is 2. The fourth-order valence-corrected chi connectivity index (χ4v) is 2.54. The van der Waals surface area contributed by atoms with Gasteiger partial charge in [0.1, 0.15) is 5.76 Å². The summed E-state index contributed by atoms with van der Waals surface area (Å²) in [6.07, 6.45) is 0. The SMILES string of the molecule is Cc1ccc(NC(=O)c2ccc(-c3ccccc3Cl)o2)cc1Cl. The quantitative estimate of drug-likeness (QED) is 0.650. The minimum absolute atomic E-state index is 0.205. The van der Waals surface area contributed by atoms with E-state index in [-0.39, 0.29) is 11.7 Å². The van der Waals surface area contributed by atoms with Crippen LogP contribution < -0.4 is 5.32 Å². The van der Waals surface area contributed by atoms with Crippen molar-refractivity contribution in [2.75, 3.05) is 5.32 Å². The standard InChI is InChI=1S/C18H13Cl2NO2/c1-11-6-7-12(10-15(11)20)21-18(22)17-9-8-16(23-17)13-4-2-3-5-14(13)19/h2-10H,1H3,(H,21,22). The van der Waals surface area contributed by atoms with Gasteiger partial charge in [-0.1, -0.05) is 41.4 Å². The van der Waals surface area contributed by atoms with Gasteiger partial charge in [0, 0.05) is 16.3 Å². The first kappa shape index (κ1) is 15.7. The first-order valence-electron chi connectivity index (χ1n) is 6.97. The summed E-state index contributed by atoms with van der Waals surface area (Å²) in [6, 6.07) is 16.0. The molecule has 3 rings (SSSR count). The minimum atomic E-state index is -0.344. The maximum absolute atomic E-state index is 12.3. The second-order valence-electron chi connectivity index (χ2n) is 5.06. The molecule has 23 heavy (non-hydrogen) atoms. The lowest BCUT2D eigenvalue weighted by molar-refractivity contribution is 0.0997. The number of amides is 1. The van der Waals surface area contributed by atoms with Gasteiger partial charge in [0.15, 0.2) is 5.76 Å². The van der Waals surface area contributed by atoms with Gasteiger partial charge < -0.3 is 9.73 Å². The Morgan fingerprint density at radius 2 is 1.78 bits per heavy atom. The Kier molecular flexibility index (Phi) is 4.42. The molecule has 3 aromatic rings. The van der Waals surface area contributed by atoms with Crippen molar-refractivity contribution in [3.05, 3.63) is 76.0 Å². The number of carbonyl (C=O) groups is 1. The molecule has 116 valence electrons. The van der Waals surface area contributed by atoms with E-state index < -0.39 is 0 Å². The van der Waals surface area contributed by atoms with Crippen LogP contribution in [-0.2, 0) is 0 Å². The van der Waals surface area contributed by atoms with E-state index in [4.69, 9.17) is 27.6 Å². The summed E-state index contributed by atoms with van der Waals surface area (Å²) < 4.78 is 5.61.